The minimum atomic E-state index is 0.720. The molecule has 21 heavy (non-hydrogen) atoms. The molecule has 2 aromatic rings. The molecule has 0 saturated heterocycles. The van der Waals surface area contributed by atoms with Crippen molar-refractivity contribution in [3.05, 3.63) is 52.0 Å². The lowest BCUT2D eigenvalue weighted by Crippen LogP contribution is -2.24. The van der Waals surface area contributed by atoms with Gasteiger partial charge in [0.1, 0.15) is 0 Å². The van der Waals surface area contributed by atoms with Gasteiger partial charge >= 0.3 is 0 Å². The number of fused-ring (bicyclic) bond motifs is 1. The van der Waals surface area contributed by atoms with E-state index in [9.17, 15) is 0 Å². The van der Waals surface area contributed by atoms with Crippen LogP contribution < -0.4 is 10.6 Å². The van der Waals surface area contributed by atoms with Crippen LogP contribution in [0.5, 0.6) is 0 Å². The van der Waals surface area contributed by atoms with E-state index in [0.29, 0.717) is 0 Å². The quantitative estimate of drug-likeness (QED) is 0.645. The van der Waals surface area contributed by atoms with Crippen LogP contribution in [-0.4, -0.2) is 18.8 Å². The molecule has 0 aromatic heterocycles. The molecule has 110 valence electrons. The number of nitrogens with two attached hydrogens (primary N) is 1. The second kappa shape index (κ2) is 6.39. The Morgan fingerprint density at radius 1 is 1.19 bits per heavy atom. The Labute approximate surface area is 139 Å². The fourth-order valence-electron chi connectivity index (χ4n) is 2.64. The van der Waals surface area contributed by atoms with Gasteiger partial charge < -0.3 is 10.6 Å². The van der Waals surface area contributed by atoms with Gasteiger partial charge in [-0.05, 0) is 36.2 Å². The van der Waals surface area contributed by atoms with Crippen molar-refractivity contribution in [2.75, 3.05) is 29.5 Å². The third-order valence-electron chi connectivity index (χ3n) is 3.63. The van der Waals surface area contributed by atoms with Crippen LogP contribution in [0.25, 0.3) is 0 Å². The normalized spacial score (nSPS) is 13.5. The Morgan fingerprint density at radius 3 is 2.90 bits per heavy atom. The van der Waals surface area contributed by atoms with Crippen molar-refractivity contribution in [2.45, 2.75) is 11.3 Å². The Morgan fingerprint density at radius 2 is 2.05 bits per heavy atom. The lowest BCUT2D eigenvalue weighted by atomic mass is 10.1. The van der Waals surface area contributed by atoms with Gasteiger partial charge in [-0.25, -0.2) is 0 Å². The molecular formula is C16H16Cl2N2S. The fourth-order valence-corrected chi connectivity index (χ4v) is 4.11. The molecule has 0 atom stereocenters. The second-order valence-electron chi connectivity index (χ2n) is 5.02. The second-order valence-corrected chi connectivity index (χ2v) is 7.00. The van der Waals surface area contributed by atoms with E-state index in [-0.39, 0.29) is 0 Å². The first-order valence-corrected chi connectivity index (χ1v) is 8.59. The van der Waals surface area contributed by atoms with Gasteiger partial charge in [0.25, 0.3) is 0 Å². The molecule has 3 rings (SSSR count). The van der Waals surface area contributed by atoms with Gasteiger partial charge in [0, 0.05) is 28.8 Å². The predicted molar refractivity (Wildman–Crippen MR) is 94.0 cm³/mol. The van der Waals surface area contributed by atoms with Crippen LogP contribution in [0.4, 0.5) is 11.4 Å². The van der Waals surface area contributed by atoms with E-state index in [1.807, 2.05) is 30.3 Å². The highest BCUT2D eigenvalue weighted by Crippen LogP contribution is 2.35. The van der Waals surface area contributed by atoms with Crippen molar-refractivity contribution in [3.63, 3.8) is 0 Å². The molecule has 2 aromatic carbocycles. The lowest BCUT2D eigenvalue weighted by Gasteiger charge is -2.20. The fraction of sp³-hybridized carbons (Fsp3) is 0.250. The number of para-hydroxylation sites is 1. The van der Waals surface area contributed by atoms with Crippen LogP contribution in [-0.2, 0) is 6.42 Å². The van der Waals surface area contributed by atoms with Crippen molar-refractivity contribution < 1.29 is 0 Å². The summed E-state index contributed by atoms with van der Waals surface area (Å²) in [6.07, 6.45) is 1.07. The largest absolute Gasteiger partial charge is 0.397 e. The summed E-state index contributed by atoms with van der Waals surface area (Å²) < 4.78 is 0. The van der Waals surface area contributed by atoms with Crippen molar-refractivity contribution >= 4 is 46.3 Å². The Balaban J connectivity index is 1.64. The zero-order valence-electron chi connectivity index (χ0n) is 11.5. The zero-order valence-corrected chi connectivity index (χ0v) is 13.8. The van der Waals surface area contributed by atoms with Crippen molar-refractivity contribution in [1.29, 1.82) is 0 Å². The van der Waals surface area contributed by atoms with Gasteiger partial charge in [-0.2, -0.15) is 0 Å². The molecule has 0 bridgehead atoms. The highest BCUT2D eigenvalue weighted by molar-refractivity contribution is 7.99. The zero-order chi connectivity index (χ0) is 14.8. The molecule has 0 amide bonds. The minimum Gasteiger partial charge on any atom is -0.397 e. The van der Waals surface area contributed by atoms with Gasteiger partial charge in [-0.1, -0.05) is 35.3 Å². The van der Waals surface area contributed by atoms with E-state index < -0.39 is 0 Å². The monoisotopic (exact) mass is 338 g/mol. The van der Waals surface area contributed by atoms with E-state index in [4.69, 9.17) is 28.9 Å². The molecule has 0 fully saturated rings. The summed E-state index contributed by atoms with van der Waals surface area (Å²) in [5.41, 5.74) is 9.53. The van der Waals surface area contributed by atoms with Crippen LogP contribution >= 0.6 is 35.0 Å². The first-order chi connectivity index (χ1) is 10.1. The number of thioether (sulfide) groups is 1. The third-order valence-corrected chi connectivity index (χ3v) is 5.34. The number of nitrogen functional groups attached to an aromatic ring is 1. The summed E-state index contributed by atoms with van der Waals surface area (Å²) in [7, 11) is 0. The number of rotatable bonds is 4. The maximum atomic E-state index is 6.18. The Bertz CT molecular complexity index is 661. The van der Waals surface area contributed by atoms with E-state index in [1.165, 1.54) is 11.3 Å². The van der Waals surface area contributed by atoms with E-state index in [2.05, 4.69) is 11.0 Å². The summed E-state index contributed by atoms with van der Waals surface area (Å²) in [4.78, 5) is 3.39. The number of nitrogens with zero attached hydrogens (tertiary/aromatic N) is 1. The topological polar surface area (TPSA) is 29.3 Å². The molecule has 1 aliphatic rings. The Hall–Kier alpha value is -1.03. The average molecular weight is 339 g/mol. The van der Waals surface area contributed by atoms with Crippen LogP contribution in [0, 0.1) is 0 Å². The average Bonchev–Trinajstić information content (AvgIpc) is 2.87. The van der Waals surface area contributed by atoms with Gasteiger partial charge in [-0.3, -0.25) is 0 Å². The first-order valence-electron chi connectivity index (χ1n) is 6.85. The molecule has 2 nitrogen and oxygen atoms in total. The molecule has 5 heteroatoms. The molecule has 2 N–H and O–H groups in total. The number of hydrogen-bond acceptors (Lipinski definition) is 3. The summed E-state index contributed by atoms with van der Waals surface area (Å²) in [5.74, 6) is 0.952. The summed E-state index contributed by atoms with van der Waals surface area (Å²) in [5, 5.41) is 1.48. The SMILES string of the molecule is Nc1cccc2c1N(CCSc1cc(Cl)ccc1Cl)CC2. The number of hydrogen-bond donors (Lipinski definition) is 1. The molecule has 0 aliphatic carbocycles. The highest BCUT2D eigenvalue weighted by Gasteiger charge is 2.20. The third kappa shape index (κ3) is 3.25. The van der Waals surface area contributed by atoms with Crippen LogP contribution in [0.2, 0.25) is 10.0 Å². The minimum absolute atomic E-state index is 0.720. The maximum absolute atomic E-state index is 6.18. The highest BCUT2D eigenvalue weighted by atomic mass is 35.5. The molecule has 0 unspecified atom stereocenters. The lowest BCUT2D eigenvalue weighted by molar-refractivity contribution is 0.874. The van der Waals surface area contributed by atoms with Crippen LogP contribution in [0.3, 0.4) is 0 Å². The first kappa shape index (κ1) is 14.9. The molecule has 0 spiro atoms. The Kier molecular flexibility index (Phi) is 4.53. The van der Waals surface area contributed by atoms with E-state index >= 15 is 0 Å². The number of benzene rings is 2. The van der Waals surface area contributed by atoms with Crippen LogP contribution in [0.15, 0.2) is 41.3 Å². The van der Waals surface area contributed by atoms with Gasteiger partial charge in [0.05, 0.1) is 16.4 Å². The number of anilines is 2. The van der Waals surface area contributed by atoms with E-state index in [0.717, 1.165) is 45.9 Å². The molecule has 0 radical (unpaired) electrons. The van der Waals surface area contributed by atoms with Gasteiger partial charge in [0.2, 0.25) is 0 Å². The van der Waals surface area contributed by atoms with Gasteiger partial charge in [0.15, 0.2) is 0 Å². The maximum Gasteiger partial charge on any atom is 0.0633 e. The summed E-state index contributed by atoms with van der Waals surface area (Å²) >= 11 is 13.9. The van der Waals surface area contributed by atoms with Gasteiger partial charge in [-0.15, -0.1) is 11.8 Å². The molecule has 1 heterocycles. The standard InChI is InChI=1S/C16H16Cl2N2S/c17-12-4-5-13(18)15(10-12)21-9-8-20-7-6-11-2-1-3-14(19)16(11)20/h1-5,10H,6-9,19H2. The van der Waals surface area contributed by atoms with Crippen molar-refractivity contribution in [2.24, 2.45) is 0 Å². The molecular weight excluding hydrogens is 323 g/mol. The smallest absolute Gasteiger partial charge is 0.0633 e. The predicted octanol–water partition coefficient (Wildman–Crippen LogP) is 4.73. The van der Waals surface area contributed by atoms with E-state index in [1.54, 1.807) is 11.8 Å². The van der Waals surface area contributed by atoms with Crippen LogP contribution in [0.1, 0.15) is 5.56 Å². The van der Waals surface area contributed by atoms with Crippen molar-refractivity contribution in [3.8, 4) is 0 Å². The number of halogens is 2. The molecule has 0 saturated carbocycles. The molecule has 1 aliphatic heterocycles. The summed E-state index contributed by atoms with van der Waals surface area (Å²) in [6.45, 7) is 1.99. The summed E-state index contributed by atoms with van der Waals surface area (Å²) in [6, 6.07) is 11.7. The van der Waals surface area contributed by atoms with Crippen molar-refractivity contribution in [1.82, 2.24) is 0 Å².